The third kappa shape index (κ3) is 10.5. The van der Waals surface area contributed by atoms with E-state index in [1.165, 1.54) is 0 Å². The molecule has 0 aliphatic carbocycles. The molecule has 0 spiro atoms. The van der Waals surface area contributed by atoms with Crippen molar-refractivity contribution in [3.63, 3.8) is 0 Å². The second kappa shape index (κ2) is 8.50. The van der Waals surface area contributed by atoms with Gasteiger partial charge in [-0.15, -0.1) is 0 Å². The Morgan fingerprint density at radius 2 is 2.00 bits per heavy atom. The molecule has 0 fully saturated rings. The van der Waals surface area contributed by atoms with Gasteiger partial charge in [0, 0.05) is 6.08 Å². The van der Waals surface area contributed by atoms with Crippen LogP contribution in [-0.2, 0) is 4.74 Å². The van der Waals surface area contributed by atoms with E-state index >= 15 is 0 Å². The van der Waals surface area contributed by atoms with Crippen LogP contribution in [0.15, 0.2) is 12.3 Å². The van der Waals surface area contributed by atoms with Crippen molar-refractivity contribution in [2.45, 2.75) is 6.92 Å². The van der Waals surface area contributed by atoms with Gasteiger partial charge in [-0.25, -0.2) is 4.58 Å². The van der Waals surface area contributed by atoms with Gasteiger partial charge >= 0.3 is 0 Å². The molecule has 0 aliphatic rings. The molecule has 0 bridgehead atoms. The lowest BCUT2D eigenvalue weighted by molar-refractivity contribution is -0.458. The monoisotopic (exact) mass is 163 g/mol. The summed E-state index contributed by atoms with van der Waals surface area (Å²) >= 11 is 0. The molecular formula is C7H14ClNO. The molecular weight excluding hydrogens is 150 g/mol. The molecule has 0 saturated carbocycles. The van der Waals surface area contributed by atoms with Crippen molar-refractivity contribution in [1.82, 2.24) is 0 Å². The molecule has 3 heteroatoms. The Morgan fingerprint density at radius 1 is 1.40 bits per heavy atom. The van der Waals surface area contributed by atoms with E-state index in [2.05, 4.69) is 0 Å². The molecule has 0 N–H and O–H groups in total. The summed E-state index contributed by atoms with van der Waals surface area (Å²) in [5.74, 6) is 0. The molecule has 0 amide bonds. The van der Waals surface area contributed by atoms with Crippen LogP contribution >= 0.6 is 0 Å². The maximum absolute atomic E-state index is 4.95. The highest BCUT2D eigenvalue weighted by Gasteiger charge is 1.74. The van der Waals surface area contributed by atoms with Crippen molar-refractivity contribution in [1.29, 1.82) is 0 Å². The van der Waals surface area contributed by atoms with Gasteiger partial charge in [-0.05, 0) is 6.92 Å². The number of nitrogens with zero attached hydrogens (tertiary/aromatic N) is 1. The van der Waals surface area contributed by atoms with Gasteiger partial charge in [-0.2, -0.15) is 0 Å². The number of rotatable bonds is 3. The minimum atomic E-state index is 0. The molecule has 0 rings (SSSR count). The fraction of sp³-hybridized carbons (Fsp3) is 0.571. The van der Waals surface area contributed by atoms with Gasteiger partial charge in [0.1, 0.15) is 14.1 Å². The SMILES string of the molecule is CCO/C=C/C=[N+](C)C.[Cl-]. The average Bonchev–Trinajstić information content (AvgIpc) is 1.80. The summed E-state index contributed by atoms with van der Waals surface area (Å²) in [6.45, 7) is 2.69. The first kappa shape index (κ1) is 12.2. The van der Waals surface area contributed by atoms with Crippen LogP contribution in [0.3, 0.4) is 0 Å². The number of hydrogen-bond acceptors (Lipinski definition) is 1. The molecule has 0 unspecified atom stereocenters. The molecule has 0 heterocycles. The molecule has 2 nitrogen and oxygen atoms in total. The van der Waals surface area contributed by atoms with E-state index < -0.39 is 0 Å². The Bertz CT molecular complexity index is 117. The smallest absolute Gasteiger partial charge is 0.165 e. The summed E-state index contributed by atoms with van der Waals surface area (Å²) in [5, 5.41) is 0. The summed E-state index contributed by atoms with van der Waals surface area (Å²) in [6.07, 6.45) is 5.47. The Kier molecular flexibility index (Phi) is 10.4. The minimum Gasteiger partial charge on any atom is -1.00 e. The van der Waals surface area contributed by atoms with Gasteiger partial charge in [-0.1, -0.05) is 0 Å². The van der Waals surface area contributed by atoms with Crippen LogP contribution in [0.25, 0.3) is 0 Å². The molecule has 0 aromatic heterocycles. The second-order valence-electron chi connectivity index (χ2n) is 1.90. The first-order valence-corrected chi connectivity index (χ1v) is 3.05. The molecule has 0 aromatic carbocycles. The Morgan fingerprint density at radius 3 is 2.40 bits per heavy atom. The molecule has 60 valence electrons. The van der Waals surface area contributed by atoms with Crippen LogP contribution in [0.2, 0.25) is 0 Å². The Hall–Kier alpha value is -0.500. The van der Waals surface area contributed by atoms with Crippen molar-refractivity contribution in [2.24, 2.45) is 0 Å². The molecule has 0 aliphatic heterocycles. The highest BCUT2D eigenvalue weighted by Crippen LogP contribution is 1.72. The first-order valence-electron chi connectivity index (χ1n) is 3.05. The molecule has 0 radical (unpaired) electrons. The topological polar surface area (TPSA) is 12.2 Å². The quantitative estimate of drug-likeness (QED) is 0.264. The summed E-state index contributed by atoms with van der Waals surface area (Å²) < 4.78 is 6.90. The summed E-state index contributed by atoms with van der Waals surface area (Å²) in [4.78, 5) is 0. The molecule has 0 saturated heterocycles. The number of ether oxygens (including phenoxy) is 1. The van der Waals surface area contributed by atoms with E-state index in [0.717, 1.165) is 6.61 Å². The predicted molar refractivity (Wildman–Crippen MR) is 38.9 cm³/mol. The summed E-state index contributed by atoms with van der Waals surface area (Å²) in [5.41, 5.74) is 0. The van der Waals surface area contributed by atoms with Crippen molar-refractivity contribution < 1.29 is 21.7 Å². The number of hydrogen-bond donors (Lipinski definition) is 0. The van der Waals surface area contributed by atoms with Gasteiger partial charge in [0.05, 0.1) is 12.9 Å². The highest BCUT2D eigenvalue weighted by molar-refractivity contribution is 5.65. The first-order chi connectivity index (χ1) is 4.27. The van der Waals surface area contributed by atoms with Crippen LogP contribution in [0.5, 0.6) is 0 Å². The van der Waals surface area contributed by atoms with E-state index in [1.54, 1.807) is 6.26 Å². The van der Waals surface area contributed by atoms with E-state index in [0.29, 0.717) is 0 Å². The van der Waals surface area contributed by atoms with Crippen molar-refractivity contribution in [3.8, 4) is 0 Å². The number of allylic oxidation sites excluding steroid dienone is 1. The average molecular weight is 164 g/mol. The van der Waals surface area contributed by atoms with Crippen LogP contribution in [0.4, 0.5) is 0 Å². The van der Waals surface area contributed by atoms with Gasteiger partial charge in [0.25, 0.3) is 0 Å². The van der Waals surface area contributed by atoms with E-state index in [1.807, 2.05) is 37.9 Å². The van der Waals surface area contributed by atoms with Crippen LogP contribution in [0, 0.1) is 0 Å². The molecule has 0 aromatic rings. The van der Waals surface area contributed by atoms with Gasteiger partial charge in [-0.3, -0.25) is 0 Å². The van der Waals surface area contributed by atoms with E-state index in [9.17, 15) is 0 Å². The highest BCUT2D eigenvalue weighted by atomic mass is 35.5. The van der Waals surface area contributed by atoms with Crippen LogP contribution in [0.1, 0.15) is 6.92 Å². The van der Waals surface area contributed by atoms with Gasteiger partial charge < -0.3 is 17.1 Å². The van der Waals surface area contributed by atoms with Gasteiger partial charge in [0.2, 0.25) is 0 Å². The van der Waals surface area contributed by atoms with E-state index in [-0.39, 0.29) is 12.4 Å². The Labute approximate surface area is 68.6 Å². The third-order valence-corrected chi connectivity index (χ3v) is 0.726. The zero-order chi connectivity index (χ0) is 7.11. The molecule has 10 heavy (non-hydrogen) atoms. The summed E-state index contributed by atoms with van der Waals surface area (Å²) in [7, 11) is 3.94. The third-order valence-electron chi connectivity index (χ3n) is 0.726. The van der Waals surface area contributed by atoms with E-state index in [4.69, 9.17) is 4.74 Å². The van der Waals surface area contributed by atoms with Crippen molar-refractivity contribution in [3.05, 3.63) is 12.3 Å². The standard InChI is InChI=1S/C7H14NO.ClH/c1-4-9-7-5-6-8(2)3;/h5-7H,4H2,1-3H3;1H/q+1;/p-1/b7-5+;. The zero-order valence-electron chi connectivity index (χ0n) is 6.67. The lowest BCUT2D eigenvalue weighted by Gasteiger charge is -1.87. The largest absolute Gasteiger partial charge is 1.00 e. The second-order valence-corrected chi connectivity index (χ2v) is 1.90. The maximum Gasteiger partial charge on any atom is 0.165 e. The zero-order valence-corrected chi connectivity index (χ0v) is 7.43. The Balaban J connectivity index is 0. The lowest BCUT2D eigenvalue weighted by Crippen LogP contribution is -3.00. The summed E-state index contributed by atoms with van der Waals surface area (Å²) in [6, 6.07) is 0. The fourth-order valence-corrected chi connectivity index (χ4v) is 0.359. The predicted octanol–water partition coefficient (Wildman–Crippen LogP) is -2.12. The molecule has 0 atom stereocenters. The van der Waals surface area contributed by atoms with Crippen molar-refractivity contribution in [2.75, 3.05) is 20.7 Å². The van der Waals surface area contributed by atoms with Crippen molar-refractivity contribution >= 4 is 6.21 Å². The van der Waals surface area contributed by atoms with Gasteiger partial charge in [0.15, 0.2) is 6.21 Å². The normalized spacial score (nSPS) is 8.70. The minimum absolute atomic E-state index is 0. The van der Waals surface area contributed by atoms with Crippen LogP contribution < -0.4 is 12.4 Å². The maximum atomic E-state index is 4.95. The fourth-order valence-electron chi connectivity index (χ4n) is 0.359. The van der Waals surface area contributed by atoms with Crippen LogP contribution in [-0.4, -0.2) is 31.5 Å². The number of halogens is 1. The lowest BCUT2D eigenvalue weighted by atomic mass is 10.6.